The SMILES string of the molecule is CC(C)c1cccc(C(C)C)c1N1C(=O)c2ccc3c4cccc5c(-c6ccc(N(c7ccc8c(c7)C(C)(C)c7ccccc7-8)c7ccc8c(c7)C(C)(C)c7ccccc7-8)cc6)ccc(c6ccc(c2c36)C1=O)c54. The number of fused-ring (bicyclic) bond motifs is 8. The molecule has 11 aromatic carbocycles. The lowest BCUT2D eigenvalue weighted by Crippen LogP contribution is -2.41. The van der Waals surface area contributed by atoms with Crippen LogP contribution in [0.5, 0.6) is 0 Å². The second-order valence-corrected chi connectivity index (χ2v) is 22.7. The maximum Gasteiger partial charge on any atom is 0.266 e. The summed E-state index contributed by atoms with van der Waals surface area (Å²) in [7, 11) is 0. The van der Waals surface area contributed by atoms with Crippen molar-refractivity contribution in [2.45, 2.75) is 78.1 Å². The highest BCUT2D eigenvalue weighted by atomic mass is 16.2. The summed E-state index contributed by atoms with van der Waals surface area (Å²) in [5.74, 6) is -0.280. The van der Waals surface area contributed by atoms with Gasteiger partial charge in [-0.15, -0.1) is 0 Å². The number of anilines is 4. The standard InChI is InChI=1S/C70H56N2O2/c1-39(2)45-17-13-18-46(40(3)4)66(45)72-67(73)57-35-33-55-53-20-14-19-52-47(31-32-54(63(52)53)56-34-36-58(68(72)74)65(57)64(55)56)41-23-25-42(26-24-41)71(43-27-29-50-48-15-9-11-21-59(48)69(5,6)61(50)37-43)44-28-30-51-49-16-10-12-22-60(49)70(7,8)62(51)38-44/h9-40H,1-8H3. The van der Waals surface area contributed by atoms with E-state index < -0.39 is 0 Å². The maximum atomic E-state index is 14.9. The fraction of sp³-hybridized carbons (Fsp3) is 0.171. The van der Waals surface area contributed by atoms with Gasteiger partial charge in [0.2, 0.25) is 0 Å². The molecule has 2 aliphatic carbocycles. The Hall–Kier alpha value is -8.34. The molecule has 0 unspecified atom stereocenters. The van der Waals surface area contributed by atoms with Crippen molar-refractivity contribution in [1.82, 2.24) is 0 Å². The Morgan fingerprint density at radius 2 is 0.784 bits per heavy atom. The Labute approximate surface area is 432 Å². The fourth-order valence-corrected chi connectivity index (χ4v) is 13.6. The molecule has 0 fully saturated rings. The number of nitrogens with zero attached hydrogens (tertiary/aromatic N) is 2. The molecule has 1 heterocycles. The molecule has 0 atom stereocenters. The van der Waals surface area contributed by atoms with Crippen molar-refractivity contribution in [2.24, 2.45) is 0 Å². The Balaban J connectivity index is 0.894. The second-order valence-electron chi connectivity index (χ2n) is 22.7. The van der Waals surface area contributed by atoms with Crippen molar-refractivity contribution < 1.29 is 9.59 Å². The van der Waals surface area contributed by atoms with E-state index in [-0.39, 0.29) is 34.5 Å². The van der Waals surface area contributed by atoms with Gasteiger partial charge in [0.15, 0.2) is 0 Å². The molecular weight excluding hydrogens is 901 g/mol. The predicted octanol–water partition coefficient (Wildman–Crippen LogP) is 18.5. The van der Waals surface area contributed by atoms with Crippen LogP contribution in [0.15, 0.2) is 182 Å². The monoisotopic (exact) mass is 956 g/mol. The molecule has 0 bridgehead atoms. The van der Waals surface area contributed by atoms with Crippen LogP contribution in [0.2, 0.25) is 0 Å². The lowest BCUT2D eigenvalue weighted by Gasteiger charge is -2.32. The minimum Gasteiger partial charge on any atom is -0.310 e. The summed E-state index contributed by atoms with van der Waals surface area (Å²) in [6, 6.07) is 66.3. The number of rotatable bonds is 7. The molecule has 74 heavy (non-hydrogen) atoms. The Bertz CT molecular complexity index is 4040. The fourth-order valence-electron chi connectivity index (χ4n) is 13.6. The summed E-state index contributed by atoms with van der Waals surface area (Å²) >= 11 is 0. The predicted molar refractivity (Wildman–Crippen MR) is 309 cm³/mol. The van der Waals surface area contributed by atoms with Crippen LogP contribution in [-0.4, -0.2) is 11.8 Å². The minimum atomic E-state index is -0.265. The molecule has 0 saturated heterocycles. The van der Waals surface area contributed by atoms with Gasteiger partial charge in [-0.1, -0.05) is 189 Å². The van der Waals surface area contributed by atoms with Gasteiger partial charge in [-0.05, 0) is 165 Å². The molecule has 2 amide bonds. The molecule has 0 saturated carbocycles. The van der Waals surface area contributed by atoms with Crippen molar-refractivity contribution in [1.29, 1.82) is 0 Å². The van der Waals surface area contributed by atoms with Crippen LogP contribution in [0, 0.1) is 0 Å². The van der Waals surface area contributed by atoms with Crippen LogP contribution in [0.25, 0.3) is 76.5 Å². The summed E-state index contributed by atoms with van der Waals surface area (Å²) in [6.45, 7) is 17.9. The van der Waals surface area contributed by atoms with Gasteiger partial charge in [0, 0.05) is 44.4 Å². The van der Waals surface area contributed by atoms with E-state index in [1.165, 1.54) is 54.8 Å². The molecule has 4 heteroatoms. The van der Waals surface area contributed by atoms with Gasteiger partial charge in [-0.2, -0.15) is 0 Å². The first-order valence-corrected chi connectivity index (χ1v) is 26.3. The van der Waals surface area contributed by atoms with Crippen LogP contribution in [0.3, 0.4) is 0 Å². The third kappa shape index (κ3) is 5.97. The summed E-state index contributed by atoms with van der Waals surface area (Å²) < 4.78 is 0. The Morgan fingerprint density at radius 1 is 0.365 bits per heavy atom. The van der Waals surface area contributed by atoms with Gasteiger partial charge < -0.3 is 4.90 Å². The van der Waals surface area contributed by atoms with Crippen LogP contribution in [0.1, 0.15) is 121 Å². The largest absolute Gasteiger partial charge is 0.310 e. The number of carbonyl (C=O) groups excluding carboxylic acids is 2. The average Bonchev–Trinajstić information content (AvgIpc) is 3.83. The number of hydrogen-bond donors (Lipinski definition) is 0. The number of imide groups is 1. The van der Waals surface area contributed by atoms with Crippen molar-refractivity contribution >= 4 is 77.7 Å². The molecule has 3 aliphatic rings. The van der Waals surface area contributed by atoms with Gasteiger partial charge in [0.25, 0.3) is 11.8 Å². The molecule has 0 spiro atoms. The van der Waals surface area contributed by atoms with Crippen molar-refractivity contribution in [3.8, 4) is 33.4 Å². The summed E-state index contributed by atoms with van der Waals surface area (Å²) in [5, 5.41) is 8.36. The smallest absolute Gasteiger partial charge is 0.266 e. The lowest BCUT2D eigenvalue weighted by molar-refractivity contribution is 0.0893. The molecule has 358 valence electrons. The minimum absolute atomic E-state index is 0.125. The van der Waals surface area contributed by atoms with Crippen LogP contribution < -0.4 is 9.80 Å². The number of hydrogen-bond acceptors (Lipinski definition) is 3. The topological polar surface area (TPSA) is 40.6 Å². The number of benzene rings is 11. The van der Waals surface area contributed by atoms with Gasteiger partial charge >= 0.3 is 0 Å². The molecule has 4 nitrogen and oxygen atoms in total. The first kappa shape index (κ1) is 44.4. The maximum absolute atomic E-state index is 14.9. The molecule has 1 aliphatic heterocycles. The van der Waals surface area contributed by atoms with Gasteiger partial charge in [0.05, 0.1) is 5.69 Å². The van der Waals surface area contributed by atoms with Crippen molar-refractivity contribution in [3.05, 3.63) is 226 Å². The molecular formula is C70H56N2O2. The number of para-hydroxylation sites is 1. The van der Waals surface area contributed by atoms with E-state index in [1.807, 2.05) is 18.2 Å². The van der Waals surface area contributed by atoms with Crippen molar-refractivity contribution in [3.63, 3.8) is 0 Å². The molecule has 14 rings (SSSR count). The van der Waals surface area contributed by atoms with E-state index in [9.17, 15) is 9.59 Å². The zero-order valence-electron chi connectivity index (χ0n) is 43.2. The third-order valence-corrected chi connectivity index (χ3v) is 17.3. The third-order valence-electron chi connectivity index (χ3n) is 17.3. The number of carbonyl (C=O) groups is 2. The van der Waals surface area contributed by atoms with E-state index in [0.29, 0.717) is 11.1 Å². The van der Waals surface area contributed by atoms with E-state index in [0.717, 1.165) is 82.7 Å². The van der Waals surface area contributed by atoms with Crippen LogP contribution >= 0.6 is 0 Å². The van der Waals surface area contributed by atoms with Crippen LogP contribution in [-0.2, 0) is 10.8 Å². The second kappa shape index (κ2) is 15.6. The van der Waals surface area contributed by atoms with E-state index in [2.05, 4.69) is 224 Å². The van der Waals surface area contributed by atoms with E-state index >= 15 is 0 Å². The Morgan fingerprint density at radius 3 is 1.31 bits per heavy atom. The van der Waals surface area contributed by atoms with Gasteiger partial charge in [0.1, 0.15) is 0 Å². The summed E-state index contributed by atoms with van der Waals surface area (Å²) in [5.41, 5.74) is 19.8. The van der Waals surface area contributed by atoms with E-state index in [4.69, 9.17) is 0 Å². The number of amides is 2. The zero-order chi connectivity index (χ0) is 50.7. The highest BCUT2D eigenvalue weighted by Crippen LogP contribution is 2.54. The van der Waals surface area contributed by atoms with Gasteiger partial charge in [-0.3, -0.25) is 9.59 Å². The molecule has 0 radical (unpaired) electrons. The van der Waals surface area contributed by atoms with Crippen molar-refractivity contribution in [2.75, 3.05) is 9.80 Å². The molecule has 0 aromatic heterocycles. The summed E-state index contributed by atoms with van der Waals surface area (Å²) in [4.78, 5) is 33.7. The normalized spacial score (nSPS) is 15.0. The molecule has 11 aromatic rings. The van der Waals surface area contributed by atoms with E-state index in [1.54, 1.807) is 0 Å². The first-order valence-electron chi connectivity index (χ1n) is 26.3. The van der Waals surface area contributed by atoms with Crippen LogP contribution in [0.4, 0.5) is 22.7 Å². The zero-order valence-corrected chi connectivity index (χ0v) is 43.2. The first-order chi connectivity index (χ1) is 35.7. The quantitative estimate of drug-likeness (QED) is 0.0908. The lowest BCUT2D eigenvalue weighted by atomic mass is 9.82. The highest BCUT2D eigenvalue weighted by molar-refractivity contribution is 6.42. The summed E-state index contributed by atoms with van der Waals surface area (Å²) in [6.07, 6.45) is 0. The highest BCUT2D eigenvalue weighted by Gasteiger charge is 2.40. The average molecular weight is 957 g/mol. The molecule has 0 N–H and O–H groups in total. The Kier molecular flexibility index (Phi) is 9.35. The van der Waals surface area contributed by atoms with Gasteiger partial charge in [-0.25, -0.2) is 4.90 Å².